The zero-order valence-electron chi connectivity index (χ0n) is 15.8. The Morgan fingerprint density at radius 3 is 2.67 bits per heavy atom. The van der Waals surface area contributed by atoms with Gasteiger partial charge in [-0.15, -0.1) is 0 Å². The molecular formula is C19H26N6O2. The van der Waals surface area contributed by atoms with Crippen LogP contribution in [0.4, 0.5) is 5.69 Å². The Bertz CT molecular complexity index is 857. The number of pyridine rings is 1. The molecule has 0 radical (unpaired) electrons. The Morgan fingerprint density at radius 2 is 2.04 bits per heavy atom. The van der Waals surface area contributed by atoms with Gasteiger partial charge in [0.05, 0.1) is 6.04 Å². The molecule has 27 heavy (non-hydrogen) atoms. The molecule has 1 N–H and O–H groups in total. The number of rotatable bonds is 6. The molecule has 1 amide bonds. The minimum Gasteiger partial charge on any atom is -0.374 e. The molecule has 0 aromatic carbocycles. The molecule has 2 atom stereocenters. The first-order chi connectivity index (χ1) is 13.1. The van der Waals surface area contributed by atoms with E-state index in [1.807, 2.05) is 24.1 Å². The molecule has 1 saturated heterocycles. The number of H-pyrrole nitrogens is 1. The maximum Gasteiger partial charge on any atom is 0.343 e. The molecule has 1 aliphatic heterocycles. The van der Waals surface area contributed by atoms with Crippen molar-refractivity contribution < 1.29 is 4.79 Å². The van der Waals surface area contributed by atoms with Gasteiger partial charge in [0.25, 0.3) is 0 Å². The molecule has 1 aliphatic carbocycles. The summed E-state index contributed by atoms with van der Waals surface area (Å²) in [7, 11) is 3.71. The second-order valence-corrected chi connectivity index (χ2v) is 7.64. The highest BCUT2D eigenvalue weighted by Gasteiger charge is 2.47. The Labute approximate surface area is 158 Å². The number of nitrogens with zero attached hydrogens (tertiary/aromatic N) is 5. The average molecular weight is 370 g/mol. The van der Waals surface area contributed by atoms with Crippen molar-refractivity contribution in [3.63, 3.8) is 0 Å². The van der Waals surface area contributed by atoms with E-state index in [0.29, 0.717) is 30.6 Å². The predicted molar refractivity (Wildman–Crippen MR) is 101 cm³/mol. The molecule has 2 fully saturated rings. The van der Waals surface area contributed by atoms with Crippen molar-refractivity contribution in [1.29, 1.82) is 0 Å². The molecule has 8 heteroatoms. The lowest BCUT2D eigenvalue weighted by Crippen LogP contribution is -2.36. The van der Waals surface area contributed by atoms with Crippen LogP contribution in [-0.4, -0.2) is 50.7 Å². The van der Waals surface area contributed by atoms with Crippen molar-refractivity contribution in [2.24, 2.45) is 18.9 Å². The van der Waals surface area contributed by atoms with E-state index in [-0.39, 0.29) is 17.6 Å². The van der Waals surface area contributed by atoms with Crippen LogP contribution in [0.3, 0.4) is 0 Å². The first-order valence-electron chi connectivity index (χ1n) is 9.58. The third-order valence-corrected chi connectivity index (χ3v) is 5.94. The van der Waals surface area contributed by atoms with E-state index in [0.717, 1.165) is 18.7 Å². The average Bonchev–Trinajstić information content (AvgIpc) is 3.36. The largest absolute Gasteiger partial charge is 0.374 e. The van der Waals surface area contributed by atoms with Gasteiger partial charge in [0.1, 0.15) is 0 Å². The molecule has 1 saturated carbocycles. The summed E-state index contributed by atoms with van der Waals surface area (Å²) in [5, 5.41) is 6.78. The molecule has 2 unspecified atom stereocenters. The van der Waals surface area contributed by atoms with Crippen LogP contribution >= 0.6 is 0 Å². The standard InChI is InChI=1S/C19H26N6O2/c1-23(14-5-9-20-10-6-14)11-8-16(26)25-12-7-15(13-3-4-13)17(25)18-21-22-19(27)24(18)2/h5-6,9-10,13,15,17H,3-4,7-8,11-12H2,1-2H3,(H,22,27). The van der Waals surface area contributed by atoms with E-state index in [4.69, 9.17) is 0 Å². The lowest BCUT2D eigenvalue weighted by atomic mass is 9.94. The maximum absolute atomic E-state index is 13.0. The zero-order valence-corrected chi connectivity index (χ0v) is 15.8. The minimum absolute atomic E-state index is 0.0971. The SMILES string of the molecule is CN(CCC(=O)N1CCC(C2CC2)C1c1n[nH]c(=O)n1C)c1ccncc1. The number of hydrogen-bond donors (Lipinski definition) is 1. The third-order valence-electron chi connectivity index (χ3n) is 5.94. The van der Waals surface area contributed by atoms with Crippen molar-refractivity contribution in [3.8, 4) is 0 Å². The van der Waals surface area contributed by atoms with Crippen molar-refractivity contribution in [2.45, 2.75) is 31.7 Å². The lowest BCUT2D eigenvalue weighted by molar-refractivity contribution is -0.132. The molecular weight excluding hydrogens is 344 g/mol. The predicted octanol–water partition coefficient (Wildman–Crippen LogP) is 1.33. The van der Waals surface area contributed by atoms with Crippen LogP contribution < -0.4 is 10.6 Å². The second-order valence-electron chi connectivity index (χ2n) is 7.64. The number of hydrogen-bond acceptors (Lipinski definition) is 5. The van der Waals surface area contributed by atoms with Crippen LogP contribution in [0.15, 0.2) is 29.3 Å². The Balaban J connectivity index is 1.48. The first kappa shape index (κ1) is 17.8. The van der Waals surface area contributed by atoms with E-state index in [1.165, 1.54) is 12.8 Å². The maximum atomic E-state index is 13.0. The van der Waals surface area contributed by atoms with Crippen LogP contribution in [0.25, 0.3) is 0 Å². The molecule has 2 aromatic rings. The number of carbonyl (C=O) groups is 1. The lowest BCUT2D eigenvalue weighted by Gasteiger charge is -2.28. The van der Waals surface area contributed by atoms with Gasteiger partial charge in [-0.05, 0) is 43.2 Å². The fourth-order valence-electron chi connectivity index (χ4n) is 4.20. The van der Waals surface area contributed by atoms with Crippen molar-refractivity contribution in [2.75, 3.05) is 25.0 Å². The summed E-state index contributed by atoms with van der Waals surface area (Å²) in [4.78, 5) is 32.9. The monoisotopic (exact) mass is 370 g/mol. The first-order valence-corrected chi connectivity index (χ1v) is 9.58. The molecule has 144 valence electrons. The van der Waals surface area contributed by atoms with Crippen molar-refractivity contribution in [1.82, 2.24) is 24.6 Å². The third kappa shape index (κ3) is 3.48. The molecule has 2 aromatic heterocycles. The Morgan fingerprint density at radius 1 is 1.30 bits per heavy atom. The summed E-state index contributed by atoms with van der Waals surface area (Å²) in [6, 6.07) is 3.78. The highest BCUT2D eigenvalue weighted by Crippen LogP contribution is 2.49. The highest BCUT2D eigenvalue weighted by molar-refractivity contribution is 5.77. The summed E-state index contributed by atoms with van der Waals surface area (Å²) in [6.45, 7) is 1.38. The van der Waals surface area contributed by atoms with Crippen LogP contribution in [-0.2, 0) is 11.8 Å². The van der Waals surface area contributed by atoms with Gasteiger partial charge < -0.3 is 9.80 Å². The summed E-state index contributed by atoms with van der Waals surface area (Å²) < 4.78 is 1.55. The molecule has 2 aliphatic rings. The number of anilines is 1. The summed E-state index contributed by atoms with van der Waals surface area (Å²) >= 11 is 0. The number of nitrogens with one attached hydrogen (secondary N) is 1. The number of likely N-dealkylation sites (tertiary alicyclic amines) is 1. The van der Waals surface area contributed by atoms with E-state index in [1.54, 1.807) is 24.0 Å². The normalized spacial score (nSPS) is 22.2. The van der Waals surface area contributed by atoms with Crippen LogP contribution in [0.2, 0.25) is 0 Å². The van der Waals surface area contributed by atoms with E-state index in [9.17, 15) is 9.59 Å². The Hall–Kier alpha value is -2.64. The number of aromatic nitrogens is 4. The highest BCUT2D eigenvalue weighted by atomic mass is 16.2. The van der Waals surface area contributed by atoms with Crippen LogP contribution in [0.1, 0.15) is 37.5 Å². The van der Waals surface area contributed by atoms with Crippen LogP contribution in [0.5, 0.6) is 0 Å². The van der Waals surface area contributed by atoms with Gasteiger partial charge in [0, 0.05) is 51.7 Å². The quantitative estimate of drug-likeness (QED) is 0.829. The van der Waals surface area contributed by atoms with Gasteiger partial charge >= 0.3 is 5.69 Å². The second kappa shape index (κ2) is 7.17. The van der Waals surface area contributed by atoms with Gasteiger partial charge in [-0.3, -0.25) is 14.3 Å². The summed E-state index contributed by atoms with van der Waals surface area (Å²) in [6.07, 6.45) is 7.36. The molecule has 0 spiro atoms. The number of amides is 1. The van der Waals surface area contributed by atoms with Crippen molar-refractivity contribution >= 4 is 11.6 Å². The molecule has 4 rings (SSSR count). The van der Waals surface area contributed by atoms with Crippen molar-refractivity contribution in [3.05, 3.63) is 40.8 Å². The van der Waals surface area contributed by atoms with Gasteiger partial charge in [-0.25, -0.2) is 9.89 Å². The fraction of sp³-hybridized carbons (Fsp3) is 0.579. The molecule has 0 bridgehead atoms. The zero-order chi connectivity index (χ0) is 19.0. The minimum atomic E-state index is -0.226. The smallest absolute Gasteiger partial charge is 0.343 e. The van der Waals surface area contributed by atoms with Gasteiger partial charge in [0.2, 0.25) is 5.91 Å². The van der Waals surface area contributed by atoms with E-state index in [2.05, 4.69) is 20.1 Å². The summed E-state index contributed by atoms with van der Waals surface area (Å²) in [5.74, 6) is 1.87. The topological polar surface area (TPSA) is 87.1 Å². The van der Waals surface area contributed by atoms with E-state index >= 15 is 0 Å². The van der Waals surface area contributed by atoms with E-state index < -0.39 is 0 Å². The number of carbonyl (C=O) groups excluding carboxylic acids is 1. The molecule has 3 heterocycles. The Kier molecular flexibility index (Phi) is 4.72. The van der Waals surface area contributed by atoms with Gasteiger partial charge in [0.15, 0.2) is 5.82 Å². The molecule has 8 nitrogen and oxygen atoms in total. The number of aromatic amines is 1. The van der Waals surface area contributed by atoms with Crippen LogP contribution in [0, 0.1) is 11.8 Å². The fourth-order valence-corrected chi connectivity index (χ4v) is 4.20. The summed E-state index contributed by atoms with van der Waals surface area (Å²) in [5.41, 5.74) is 0.817. The van der Waals surface area contributed by atoms with Gasteiger partial charge in [-0.1, -0.05) is 0 Å². The van der Waals surface area contributed by atoms with Gasteiger partial charge in [-0.2, -0.15) is 5.10 Å².